The lowest BCUT2D eigenvalue weighted by molar-refractivity contribution is 0.152. The van der Waals surface area contributed by atoms with Crippen molar-refractivity contribution >= 4 is 11.8 Å². The highest BCUT2D eigenvalue weighted by atomic mass is 16.5. The Balaban J connectivity index is 2.94. The number of nitrogens with one attached hydrogen (secondary N) is 1. The van der Waals surface area contributed by atoms with Crippen molar-refractivity contribution in [2.75, 3.05) is 6.61 Å². The standard InChI is InChI=1S/C14H20N2O2/c1-5-18-13(17)16-15-12(14(2,3)4)11-9-7-6-8-10-11/h6-10H,5H2,1-4H3,(H,16,17)/b15-12-. The summed E-state index contributed by atoms with van der Waals surface area (Å²) in [4.78, 5) is 11.3. The number of hydrogen-bond donors (Lipinski definition) is 1. The van der Waals surface area contributed by atoms with Crippen molar-refractivity contribution in [3.63, 3.8) is 0 Å². The summed E-state index contributed by atoms with van der Waals surface area (Å²) in [6.07, 6.45) is -0.532. The lowest BCUT2D eigenvalue weighted by Gasteiger charge is -2.21. The Morgan fingerprint density at radius 1 is 1.28 bits per heavy atom. The van der Waals surface area contributed by atoms with E-state index in [9.17, 15) is 4.79 Å². The lowest BCUT2D eigenvalue weighted by atomic mass is 9.86. The molecule has 18 heavy (non-hydrogen) atoms. The van der Waals surface area contributed by atoms with Gasteiger partial charge in [0.05, 0.1) is 12.3 Å². The van der Waals surface area contributed by atoms with Gasteiger partial charge in [0.1, 0.15) is 0 Å². The minimum atomic E-state index is -0.532. The van der Waals surface area contributed by atoms with E-state index in [1.807, 2.05) is 51.1 Å². The van der Waals surface area contributed by atoms with E-state index in [-0.39, 0.29) is 5.41 Å². The fraction of sp³-hybridized carbons (Fsp3) is 0.429. The average molecular weight is 248 g/mol. The topological polar surface area (TPSA) is 50.7 Å². The normalized spacial score (nSPS) is 12.1. The van der Waals surface area contributed by atoms with Crippen molar-refractivity contribution in [2.45, 2.75) is 27.7 Å². The van der Waals surface area contributed by atoms with Crippen LogP contribution < -0.4 is 5.43 Å². The summed E-state index contributed by atoms with van der Waals surface area (Å²) in [6.45, 7) is 8.23. The first-order valence-corrected chi connectivity index (χ1v) is 6.01. The molecule has 4 heteroatoms. The summed E-state index contributed by atoms with van der Waals surface area (Å²) in [7, 11) is 0. The number of hydrazone groups is 1. The van der Waals surface area contributed by atoms with Crippen molar-refractivity contribution in [1.29, 1.82) is 0 Å². The van der Waals surface area contributed by atoms with Crippen LogP contribution in [0.3, 0.4) is 0 Å². The summed E-state index contributed by atoms with van der Waals surface area (Å²) >= 11 is 0. The summed E-state index contributed by atoms with van der Waals surface area (Å²) in [6, 6.07) is 9.78. The third-order valence-corrected chi connectivity index (χ3v) is 2.29. The van der Waals surface area contributed by atoms with Gasteiger partial charge < -0.3 is 4.74 Å². The minimum absolute atomic E-state index is 0.166. The van der Waals surface area contributed by atoms with Crippen molar-refractivity contribution < 1.29 is 9.53 Å². The molecule has 4 nitrogen and oxygen atoms in total. The third kappa shape index (κ3) is 4.20. The quantitative estimate of drug-likeness (QED) is 0.659. The summed E-state index contributed by atoms with van der Waals surface area (Å²) in [5, 5.41) is 4.18. The SMILES string of the molecule is CCOC(=O)N/N=C(/c1ccccc1)C(C)(C)C. The maximum absolute atomic E-state index is 11.3. The van der Waals surface area contributed by atoms with Gasteiger partial charge in [-0.2, -0.15) is 5.10 Å². The molecule has 0 saturated heterocycles. The van der Waals surface area contributed by atoms with Gasteiger partial charge in [0.25, 0.3) is 0 Å². The molecule has 0 atom stereocenters. The lowest BCUT2D eigenvalue weighted by Crippen LogP contribution is -2.27. The van der Waals surface area contributed by atoms with Crippen molar-refractivity contribution in [2.24, 2.45) is 10.5 Å². The van der Waals surface area contributed by atoms with Crippen LogP contribution >= 0.6 is 0 Å². The number of hydrogen-bond acceptors (Lipinski definition) is 3. The molecule has 0 saturated carbocycles. The fourth-order valence-electron chi connectivity index (χ4n) is 1.53. The van der Waals surface area contributed by atoms with Crippen LogP contribution in [-0.2, 0) is 4.74 Å². The van der Waals surface area contributed by atoms with E-state index < -0.39 is 6.09 Å². The van der Waals surface area contributed by atoms with Crippen LogP contribution in [0.25, 0.3) is 0 Å². The highest BCUT2D eigenvalue weighted by Crippen LogP contribution is 2.21. The van der Waals surface area contributed by atoms with Gasteiger partial charge in [0.2, 0.25) is 0 Å². The van der Waals surface area contributed by atoms with Crippen LogP contribution in [0.1, 0.15) is 33.3 Å². The van der Waals surface area contributed by atoms with E-state index in [1.165, 1.54) is 0 Å². The number of benzene rings is 1. The van der Waals surface area contributed by atoms with Crippen molar-refractivity contribution in [1.82, 2.24) is 5.43 Å². The molecule has 0 aromatic heterocycles. The number of amides is 1. The Morgan fingerprint density at radius 3 is 2.39 bits per heavy atom. The van der Waals surface area contributed by atoms with Crippen LogP contribution in [0.15, 0.2) is 35.4 Å². The Hall–Kier alpha value is -1.84. The zero-order chi connectivity index (χ0) is 13.6. The Bertz CT molecular complexity index is 419. The Morgan fingerprint density at radius 2 is 1.89 bits per heavy atom. The number of rotatable bonds is 3. The van der Waals surface area contributed by atoms with E-state index in [2.05, 4.69) is 10.5 Å². The predicted octanol–water partition coefficient (Wildman–Crippen LogP) is 3.18. The Labute approximate surface area is 108 Å². The zero-order valence-electron chi connectivity index (χ0n) is 11.4. The largest absolute Gasteiger partial charge is 0.449 e. The van der Waals surface area contributed by atoms with Gasteiger partial charge in [0.15, 0.2) is 0 Å². The highest BCUT2D eigenvalue weighted by Gasteiger charge is 2.21. The molecule has 1 N–H and O–H groups in total. The molecular formula is C14H20N2O2. The van der Waals surface area contributed by atoms with Crippen molar-refractivity contribution in [3.05, 3.63) is 35.9 Å². The summed E-state index contributed by atoms with van der Waals surface area (Å²) < 4.78 is 4.78. The van der Waals surface area contributed by atoms with Crippen LogP contribution in [0, 0.1) is 5.41 Å². The molecule has 0 spiro atoms. The van der Waals surface area contributed by atoms with E-state index >= 15 is 0 Å². The molecule has 1 aromatic carbocycles. The molecule has 0 bridgehead atoms. The molecular weight excluding hydrogens is 228 g/mol. The minimum Gasteiger partial charge on any atom is -0.449 e. The summed E-state index contributed by atoms with van der Waals surface area (Å²) in [5.41, 5.74) is 4.05. The van der Waals surface area contributed by atoms with Crippen LogP contribution in [0.2, 0.25) is 0 Å². The molecule has 1 amide bonds. The molecule has 0 fully saturated rings. The van der Waals surface area contributed by atoms with Crippen molar-refractivity contribution in [3.8, 4) is 0 Å². The van der Waals surface area contributed by atoms with Gasteiger partial charge in [-0.3, -0.25) is 0 Å². The van der Waals surface area contributed by atoms with Gasteiger partial charge in [0, 0.05) is 5.41 Å². The molecule has 98 valence electrons. The van der Waals surface area contributed by atoms with Gasteiger partial charge in [-0.1, -0.05) is 51.1 Å². The molecule has 0 unspecified atom stereocenters. The van der Waals surface area contributed by atoms with Crippen LogP contribution in [-0.4, -0.2) is 18.4 Å². The monoisotopic (exact) mass is 248 g/mol. The Kier molecular flexibility index (Phi) is 4.89. The molecule has 1 rings (SSSR count). The van der Waals surface area contributed by atoms with E-state index in [4.69, 9.17) is 4.74 Å². The molecule has 0 radical (unpaired) electrons. The van der Waals surface area contributed by atoms with Crippen LogP contribution in [0.5, 0.6) is 0 Å². The molecule has 0 aliphatic heterocycles. The van der Waals surface area contributed by atoms with Gasteiger partial charge in [-0.05, 0) is 12.5 Å². The third-order valence-electron chi connectivity index (χ3n) is 2.29. The average Bonchev–Trinajstić information content (AvgIpc) is 2.29. The van der Waals surface area contributed by atoms with Gasteiger partial charge >= 0.3 is 6.09 Å². The number of nitrogens with zero attached hydrogens (tertiary/aromatic N) is 1. The maximum Gasteiger partial charge on any atom is 0.427 e. The smallest absolute Gasteiger partial charge is 0.427 e. The van der Waals surface area contributed by atoms with Crippen LogP contribution in [0.4, 0.5) is 4.79 Å². The first-order valence-electron chi connectivity index (χ1n) is 6.01. The first-order chi connectivity index (χ1) is 8.45. The number of carbonyl (C=O) groups excluding carboxylic acids is 1. The highest BCUT2D eigenvalue weighted by molar-refractivity contribution is 6.04. The molecule has 0 aliphatic rings. The second-order valence-electron chi connectivity index (χ2n) is 4.91. The maximum atomic E-state index is 11.3. The fourth-order valence-corrected chi connectivity index (χ4v) is 1.53. The molecule has 0 heterocycles. The zero-order valence-corrected chi connectivity index (χ0v) is 11.4. The van der Waals surface area contributed by atoms with Gasteiger partial charge in [-0.15, -0.1) is 0 Å². The van der Waals surface area contributed by atoms with E-state index in [0.29, 0.717) is 6.61 Å². The number of carbonyl (C=O) groups is 1. The number of ether oxygens (including phenoxy) is 1. The second-order valence-corrected chi connectivity index (χ2v) is 4.91. The van der Waals surface area contributed by atoms with Gasteiger partial charge in [-0.25, -0.2) is 10.2 Å². The van der Waals surface area contributed by atoms with E-state index in [0.717, 1.165) is 11.3 Å². The summed E-state index contributed by atoms with van der Waals surface area (Å²) in [5.74, 6) is 0. The molecule has 0 aliphatic carbocycles. The first kappa shape index (κ1) is 14.2. The van der Waals surface area contributed by atoms with E-state index in [1.54, 1.807) is 6.92 Å². The second kappa shape index (κ2) is 6.19. The molecule has 1 aromatic rings. The predicted molar refractivity (Wildman–Crippen MR) is 72.6 cm³/mol.